The van der Waals surface area contributed by atoms with E-state index in [1.807, 2.05) is 62.9 Å². The van der Waals surface area contributed by atoms with E-state index in [-0.39, 0.29) is 61.5 Å². The van der Waals surface area contributed by atoms with Crippen LogP contribution < -0.4 is 24.5 Å². The lowest BCUT2D eigenvalue weighted by atomic mass is 10.0. The average Bonchev–Trinajstić information content (AvgIpc) is 0.876. The summed E-state index contributed by atoms with van der Waals surface area (Å²) in [5, 5.41) is 1.71. The van der Waals surface area contributed by atoms with E-state index in [0.717, 1.165) is 81.0 Å². The molecule has 7 nitrogen and oxygen atoms in total. The molecule has 7 rings (SSSR count). The summed E-state index contributed by atoms with van der Waals surface area (Å²) in [6.45, 7) is 67.3. The third-order valence-electron chi connectivity index (χ3n) is 18.4. The van der Waals surface area contributed by atoms with Crippen molar-refractivity contribution in [1.82, 2.24) is 9.80 Å². The van der Waals surface area contributed by atoms with Gasteiger partial charge in [0.15, 0.2) is 0 Å². The SMILES string of the molecule is CC(C)N(Cc1cccc(C(F)(F)F)c1)C(C)(C)C.CC(C)N(c1ccc(Br)c(F)c1)C(C)(C)C.CC(C)N(c1ccc(F)c(Cl)c1)C(C)(C)C.CCCN(c1ccc(Br)c(Cl)c1)C(C)(C)C.CCCN(c1ccc(Br)c(Cl)c1)C(C)(C)C.CCN(Cc1cccc(C(F)(F)F)c1)C(C)(C)C.CN(c1cccc(C(F)(F)F)c1)C(C)(C)C. The van der Waals surface area contributed by atoms with Crippen molar-refractivity contribution in [2.75, 3.05) is 51.2 Å². The molecule has 0 amide bonds. The lowest BCUT2D eigenvalue weighted by molar-refractivity contribution is -0.138. The molecular formula is C93H134Br3Cl3F11N7. The van der Waals surface area contributed by atoms with Gasteiger partial charge in [-0.2, -0.15) is 39.5 Å². The van der Waals surface area contributed by atoms with Crippen LogP contribution in [-0.4, -0.2) is 93.4 Å². The largest absolute Gasteiger partial charge is 0.416 e. The Morgan fingerprint density at radius 2 is 0.675 bits per heavy atom. The molecule has 660 valence electrons. The molecule has 0 N–H and O–H groups in total. The first-order valence-electron chi connectivity index (χ1n) is 39.7. The number of hydrogen-bond donors (Lipinski definition) is 0. The van der Waals surface area contributed by atoms with Crippen LogP contribution in [0.3, 0.4) is 0 Å². The molecule has 0 fully saturated rings. The molecule has 0 bridgehead atoms. The Kier molecular flexibility index (Phi) is 43.7. The molecule has 7 aromatic rings. The molecule has 0 heterocycles. The summed E-state index contributed by atoms with van der Waals surface area (Å²) in [6.07, 6.45) is -10.6. The third kappa shape index (κ3) is 38.5. The highest BCUT2D eigenvalue weighted by atomic mass is 79.9. The number of alkyl halides is 9. The average molecular weight is 1910 g/mol. The van der Waals surface area contributed by atoms with E-state index >= 15 is 0 Å². The zero-order valence-electron chi connectivity index (χ0n) is 75.1. The van der Waals surface area contributed by atoms with Crippen LogP contribution in [0.1, 0.15) is 248 Å². The predicted molar refractivity (Wildman–Crippen MR) is 492 cm³/mol. The van der Waals surface area contributed by atoms with Crippen molar-refractivity contribution in [2.24, 2.45) is 0 Å². The van der Waals surface area contributed by atoms with Crippen molar-refractivity contribution in [1.29, 1.82) is 0 Å². The summed E-state index contributed by atoms with van der Waals surface area (Å²) in [7, 11) is 1.79. The maximum atomic E-state index is 13.5. The Morgan fingerprint density at radius 1 is 0.333 bits per heavy atom. The highest BCUT2D eigenvalue weighted by molar-refractivity contribution is 9.11. The van der Waals surface area contributed by atoms with Gasteiger partial charge in [0.1, 0.15) is 11.6 Å². The predicted octanol–water partition coefficient (Wildman–Crippen LogP) is 32.3. The molecule has 0 unspecified atom stereocenters. The summed E-state index contributed by atoms with van der Waals surface area (Å²) in [4.78, 5) is 15.3. The number of hydrogen-bond acceptors (Lipinski definition) is 7. The molecule has 117 heavy (non-hydrogen) atoms. The van der Waals surface area contributed by atoms with Crippen LogP contribution in [0.25, 0.3) is 0 Å². The summed E-state index contributed by atoms with van der Waals surface area (Å²) < 4.78 is 142. The molecule has 0 aliphatic rings. The van der Waals surface area contributed by atoms with Gasteiger partial charge in [0.25, 0.3) is 0 Å². The molecule has 0 saturated carbocycles. The van der Waals surface area contributed by atoms with E-state index in [9.17, 15) is 48.3 Å². The lowest BCUT2D eigenvalue weighted by Crippen LogP contribution is -2.46. The summed E-state index contributed by atoms with van der Waals surface area (Å²) in [5.74, 6) is -0.588. The molecule has 0 aromatic heterocycles. The minimum Gasteiger partial charge on any atom is -0.370 e. The van der Waals surface area contributed by atoms with Gasteiger partial charge in [0.05, 0.1) is 36.2 Å². The van der Waals surface area contributed by atoms with Crippen LogP contribution in [0.5, 0.6) is 0 Å². The number of nitrogens with zero attached hydrogens (tertiary/aromatic N) is 7. The van der Waals surface area contributed by atoms with Gasteiger partial charge in [-0.3, -0.25) is 9.80 Å². The Balaban J connectivity index is 0.000000683. The normalized spacial score (nSPS) is 12.4. The summed E-state index contributed by atoms with van der Waals surface area (Å²) >= 11 is 28.1. The first-order valence-corrected chi connectivity index (χ1v) is 43.2. The molecule has 0 atom stereocenters. The van der Waals surface area contributed by atoms with Gasteiger partial charge in [-0.15, -0.1) is 0 Å². The van der Waals surface area contributed by atoms with E-state index in [0.29, 0.717) is 46.5 Å². The van der Waals surface area contributed by atoms with Crippen molar-refractivity contribution in [3.8, 4) is 0 Å². The van der Waals surface area contributed by atoms with Gasteiger partial charge in [0, 0.05) is 128 Å². The van der Waals surface area contributed by atoms with Gasteiger partial charge in [-0.1, -0.05) is 98.0 Å². The molecule has 0 saturated heterocycles. The first-order chi connectivity index (χ1) is 53.0. The third-order valence-corrected chi connectivity index (χ3v) is 21.8. The van der Waals surface area contributed by atoms with E-state index < -0.39 is 35.2 Å². The van der Waals surface area contributed by atoms with Crippen LogP contribution in [0, 0.1) is 11.6 Å². The Morgan fingerprint density at radius 3 is 0.974 bits per heavy atom. The number of halogens is 17. The molecule has 0 aliphatic carbocycles. The molecule has 0 spiro atoms. The second-order valence-electron chi connectivity index (χ2n) is 36.6. The number of rotatable bonds is 17. The van der Waals surface area contributed by atoms with Crippen LogP contribution in [0.4, 0.5) is 76.7 Å². The smallest absolute Gasteiger partial charge is 0.370 e. The summed E-state index contributed by atoms with van der Waals surface area (Å²) in [5.41, 5.74) is 4.29. The second-order valence-corrected chi connectivity index (χ2v) is 40.3. The zero-order chi connectivity index (χ0) is 91.1. The Bertz CT molecular complexity index is 3960. The fraction of sp³-hybridized carbons (Fsp3) is 0.548. The molecule has 0 radical (unpaired) electrons. The van der Waals surface area contributed by atoms with Crippen molar-refractivity contribution >= 4 is 111 Å². The monoisotopic (exact) mass is 1900 g/mol. The lowest BCUT2D eigenvalue weighted by Gasteiger charge is -2.41. The number of benzene rings is 7. The van der Waals surface area contributed by atoms with Gasteiger partial charge in [-0.05, 0) is 368 Å². The van der Waals surface area contributed by atoms with Gasteiger partial charge < -0.3 is 24.5 Å². The fourth-order valence-corrected chi connectivity index (χ4v) is 14.3. The minimum atomic E-state index is -4.28. The van der Waals surface area contributed by atoms with Crippen LogP contribution >= 0.6 is 82.6 Å². The standard InChI is InChI=1S/C15H22F3N.C14H20F3N.2C13H19BrClN.C13H19BrFN.C13H19ClFN.C12H16F3N/c1-11(2)19(14(3,4)5)10-12-7-6-8-13(9-12)15(16,17)18;1-5-18(13(2,3)4)10-11-7-6-8-12(9-11)14(15,16)17;2*1-5-8-16(13(2,3)4)10-6-7-11(14)12(15)9-10;1-9(2)16(13(3,4)5)10-6-7-11(14)12(15)8-10;1-9(2)16(13(3,4)5)10-6-7-12(15)11(14)8-10;1-11(2,3)16(4)10-7-5-6-9(8-10)12(13,14)15/h6-9,11H,10H2,1-5H3;6-9H,5,10H2,1-4H3;2*6-7,9H,5,8H2,1-4H3;2*6-9H,1-5H3;5-8H,1-4H3. The minimum absolute atomic E-state index is 0.0185. The highest BCUT2D eigenvalue weighted by Gasteiger charge is 2.35. The van der Waals surface area contributed by atoms with E-state index in [1.165, 1.54) is 53.8 Å². The van der Waals surface area contributed by atoms with Crippen molar-refractivity contribution < 1.29 is 48.3 Å². The van der Waals surface area contributed by atoms with Gasteiger partial charge >= 0.3 is 18.5 Å². The first kappa shape index (κ1) is 110. The Labute approximate surface area is 737 Å². The highest BCUT2D eigenvalue weighted by Crippen LogP contribution is 2.39. The van der Waals surface area contributed by atoms with Crippen molar-refractivity contribution in [3.63, 3.8) is 0 Å². The van der Waals surface area contributed by atoms with Crippen LogP contribution in [0.15, 0.2) is 159 Å². The topological polar surface area (TPSA) is 22.7 Å². The van der Waals surface area contributed by atoms with E-state index in [2.05, 4.69) is 269 Å². The maximum Gasteiger partial charge on any atom is 0.416 e. The zero-order valence-corrected chi connectivity index (χ0v) is 82.1. The van der Waals surface area contributed by atoms with E-state index in [1.54, 1.807) is 49.5 Å². The maximum absolute atomic E-state index is 13.5. The number of anilines is 5. The van der Waals surface area contributed by atoms with Crippen molar-refractivity contribution in [3.05, 3.63) is 214 Å². The van der Waals surface area contributed by atoms with E-state index in [4.69, 9.17) is 34.8 Å². The molecule has 7 aromatic carbocycles. The molecular weight excluding hydrogens is 1770 g/mol. The molecule has 24 heteroatoms. The van der Waals surface area contributed by atoms with Gasteiger partial charge in [0.2, 0.25) is 0 Å². The van der Waals surface area contributed by atoms with Crippen molar-refractivity contribution in [2.45, 2.75) is 309 Å². The fourth-order valence-electron chi connectivity index (χ4n) is 13.1. The second kappa shape index (κ2) is 46.5. The summed E-state index contributed by atoms with van der Waals surface area (Å²) in [6, 6.07) is 39.8. The molecule has 0 aliphatic heterocycles. The quantitative estimate of drug-likeness (QED) is 0.0837. The Hall–Kier alpha value is -5.00. The van der Waals surface area contributed by atoms with Gasteiger partial charge in [-0.25, -0.2) is 8.78 Å². The van der Waals surface area contributed by atoms with Crippen LogP contribution in [0.2, 0.25) is 15.1 Å². The van der Waals surface area contributed by atoms with Crippen LogP contribution in [-0.2, 0) is 31.6 Å².